The normalized spacial score (nSPS) is 14.4. The molecule has 0 radical (unpaired) electrons. The second kappa shape index (κ2) is 10.4. The molecule has 1 aliphatic rings. The highest BCUT2D eigenvalue weighted by Crippen LogP contribution is 2.36. The topological polar surface area (TPSA) is 72.7 Å². The molecule has 0 unspecified atom stereocenters. The maximum Gasteiger partial charge on any atom is 0.278 e. The van der Waals surface area contributed by atoms with Crippen LogP contribution in [0.25, 0.3) is 10.2 Å². The Hall–Kier alpha value is -2.20. The zero-order chi connectivity index (χ0) is 21.1. The van der Waals surface area contributed by atoms with Crippen molar-refractivity contribution in [1.82, 2.24) is 19.7 Å². The zero-order valence-corrected chi connectivity index (χ0v) is 19.7. The summed E-state index contributed by atoms with van der Waals surface area (Å²) in [6, 6.07) is 5.72. The van der Waals surface area contributed by atoms with E-state index in [0.29, 0.717) is 23.9 Å². The van der Waals surface area contributed by atoms with Gasteiger partial charge in [-0.05, 0) is 31.5 Å². The fraction of sp³-hybridized carbons (Fsp3) is 0.476. The molecule has 0 N–H and O–H groups in total. The Morgan fingerprint density at radius 1 is 1.29 bits per heavy atom. The van der Waals surface area contributed by atoms with Crippen molar-refractivity contribution < 1.29 is 14.3 Å². The molecule has 1 amide bonds. The smallest absolute Gasteiger partial charge is 0.278 e. The molecule has 1 fully saturated rings. The van der Waals surface area contributed by atoms with Gasteiger partial charge in [-0.2, -0.15) is 5.10 Å². The monoisotopic (exact) mass is 465 g/mol. The molecule has 3 aromatic rings. The average molecular weight is 466 g/mol. The summed E-state index contributed by atoms with van der Waals surface area (Å²) in [6.45, 7) is 9.20. The van der Waals surface area contributed by atoms with Crippen molar-refractivity contribution in [3.05, 3.63) is 35.7 Å². The third-order valence-electron chi connectivity index (χ3n) is 5.37. The van der Waals surface area contributed by atoms with Gasteiger partial charge >= 0.3 is 0 Å². The number of hydrogen-bond acceptors (Lipinski definition) is 7. The molecule has 168 valence electrons. The Kier molecular flexibility index (Phi) is 7.88. The lowest BCUT2D eigenvalue weighted by atomic mass is 10.2. The van der Waals surface area contributed by atoms with Gasteiger partial charge < -0.3 is 9.47 Å². The van der Waals surface area contributed by atoms with Gasteiger partial charge in [0.15, 0.2) is 5.13 Å². The van der Waals surface area contributed by atoms with Crippen molar-refractivity contribution >= 4 is 45.0 Å². The van der Waals surface area contributed by atoms with Crippen molar-refractivity contribution in [2.75, 3.05) is 51.4 Å². The fourth-order valence-electron chi connectivity index (χ4n) is 3.63. The highest BCUT2D eigenvalue weighted by Gasteiger charge is 2.26. The molecule has 8 nitrogen and oxygen atoms in total. The number of fused-ring (bicyclic) bond motifs is 1. The van der Waals surface area contributed by atoms with E-state index in [1.165, 1.54) is 11.3 Å². The largest absolute Gasteiger partial charge is 0.494 e. The number of carbonyl (C=O) groups excluding carboxylic acids is 1. The lowest BCUT2D eigenvalue weighted by Gasteiger charge is -2.29. The number of halogens is 1. The van der Waals surface area contributed by atoms with Crippen molar-refractivity contribution in [3.63, 3.8) is 0 Å². The number of benzene rings is 1. The number of aromatic nitrogens is 3. The van der Waals surface area contributed by atoms with Gasteiger partial charge in [-0.25, -0.2) is 4.98 Å². The summed E-state index contributed by atoms with van der Waals surface area (Å²) >= 11 is 1.53. The van der Waals surface area contributed by atoms with E-state index in [0.717, 1.165) is 54.4 Å². The van der Waals surface area contributed by atoms with Crippen LogP contribution in [0.3, 0.4) is 0 Å². The summed E-state index contributed by atoms with van der Waals surface area (Å²) < 4.78 is 13.7. The number of nitrogens with zero attached hydrogens (tertiary/aromatic N) is 5. The number of morpholine rings is 1. The van der Waals surface area contributed by atoms with Crippen LogP contribution >= 0.6 is 23.7 Å². The number of hydrogen-bond donors (Lipinski definition) is 0. The molecule has 4 rings (SSSR count). The van der Waals surface area contributed by atoms with E-state index >= 15 is 0 Å². The Morgan fingerprint density at radius 3 is 2.77 bits per heavy atom. The van der Waals surface area contributed by atoms with E-state index < -0.39 is 0 Å². The molecule has 31 heavy (non-hydrogen) atoms. The van der Waals surface area contributed by atoms with Crippen LogP contribution in [0.1, 0.15) is 23.0 Å². The summed E-state index contributed by atoms with van der Waals surface area (Å²) in [5.74, 6) is 0.635. The van der Waals surface area contributed by atoms with Crippen molar-refractivity contribution in [2.45, 2.75) is 20.4 Å². The maximum atomic E-state index is 13.5. The molecule has 10 heteroatoms. The van der Waals surface area contributed by atoms with Crippen molar-refractivity contribution in [1.29, 1.82) is 0 Å². The molecule has 3 heterocycles. The molecule has 0 spiro atoms. The first-order chi connectivity index (χ1) is 14.6. The highest BCUT2D eigenvalue weighted by atomic mass is 35.5. The van der Waals surface area contributed by atoms with Gasteiger partial charge in [0.05, 0.1) is 25.0 Å². The van der Waals surface area contributed by atoms with E-state index in [2.05, 4.69) is 16.9 Å². The fourth-order valence-corrected chi connectivity index (χ4v) is 4.71. The highest BCUT2D eigenvalue weighted by molar-refractivity contribution is 7.22. The molecule has 0 atom stereocenters. The van der Waals surface area contributed by atoms with Gasteiger partial charge in [-0.1, -0.05) is 17.4 Å². The minimum Gasteiger partial charge on any atom is -0.494 e. The van der Waals surface area contributed by atoms with Gasteiger partial charge in [0.1, 0.15) is 17.0 Å². The minimum absolute atomic E-state index is 0. The van der Waals surface area contributed by atoms with Crippen LogP contribution in [0.2, 0.25) is 0 Å². The lowest BCUT2D eigenvalue weighted by Crippen LogP contribution is -2.43. The number of thiazole rings is 1. The Morgan fingerprint density at radius 2 is 2.06 bits per heavy atom. The van der Waals surface area contributed by atoms with E-state index in [1.807, 2.05) is 19.1 Å². The van der Waals surface area contributed by atoms with Crippen LogP contribution < -0.4 is 9.64 Å². The third kappa shape index (κ3) is 4.85. The molecule has 0 aliphatic carbocycles. The number of methoxy groups -OCH3 is 1. The first kappa shape index (κ1) is 23.5. The van der Waals surface area contributed by atoms with E-state index in [9.17, 15) is 4.79 Å². The van der Waals surface area contributed by atoms with Crippen LogP contribution in [0.5, 0.6) is 5.75 Å². The molecular formula is C21H28ClN5O3S. The van der Waals surface area contributed by atoms with Crippen molar-refractivity contribution in [3.8, 4) is 5.75 Å². The Bertz CT molecular complexity index is 1030. The maximum absolute atomic E-state index is 13.5. The van der Waals surface area contributed by atoms with Crippen LogP contribution in [-0.4, -0.2) is 72.1 Å². The summed E-state index contributed by atoms with van der Waals surface area (Å²) in [5.41, 5.74) is 2.49. The standard InChI is InChI=1S/C21H27N5O3S.ClH/c1-4-26-16(7-8-22-26)20(27)25(10-9-24-11-13-29-14-12-24)21-23-18-17(28-3)6-5-15(2)19(18)30-21;/h5-8H,4,9-14H2,1-3H3;1H. The molecule has 0 saturated carbocycles. The second-order valence-electron chi connectivity index (χ2n) is 7.20. The minimum atomic E-state index is -0.0849. The predicted octanol–water partition coefficient (Wildman–Crippen LogP) is 3.23. The number of rotatable bonds is 7. The molecule has 1 aliphatic heterocycles. The van der Waals surface area contributed by atoms with Gasteiger partial charge in [-0.3, -0.25) is 19.3 Å². The summed E-state index contributed by atoms with van der Waals surface area (Å²) in [5, 5.41) is 4.95. The molecule has 1 saturated heterocycles. The van der Waals surface area contributed by atoms with Crippen LogP contribution in [0.15, 0.2) is 24.4 Å². The number of amides is 1. The lowest BCUT2D eigenvalue weighted by molar-refractivity contribution is 0.0391. The summed E-state index contributed by atoms with van der Waals surface area (Å²) in [4.78, 5) is 22.5. The van der Waals surface area contributed by atoms with Gasteiger partial charge in [0.25, 0.3) is 5.91 Å². The van der Waals surface area contributed by atoms with Gasteiger partial charge in [0, 0.05) is 38.9 Å². The van der Waals surface area contributed by atoms with E-state index in [4.69, 9.17) is 14.5 Å². The Balaban J connectivity index is 0.00000272. The van der Waals surface area contributed by atoms with Crippen LogP contribution in [-0.2, 0) is 11.3 Å². The zero-order valence-electron chi connectivity index (χ0n) is 18.0. The SMILES string of the molecule is CCn1nccc1C(=O)N(CCN1CCOCC1)c1nc2c(OC)ccc(C)c2s1.Cl. The molecular weight excluding hydrogens is 438 g/mol. The van der Waals surface area contributed by atoms with Crippen molar-refractivity contribution in [2.24, 2.45) is 0 Å². The van der Waals surface area contributed by atoms with Crippen LogP contribution in [0.4, 0.5) is 5.13 Å². The van der Waals surface area contributed by atoms with E-state index in [-0.39, 0.29) is 18.3 Å². The summed E-state index contributed by atoms with van der Waals surface area (Å²) in [7, 11) is 1.64. The Labute approximate surface area is 192 Å². The van der Waals surface area contributed by atoms with Gasteiger partial charge in [-0.15, -0.1) is 12.4 Å². The van der Waals surface area contributed by atoms with Crippen LogP contribution in [0, 0.1) is 6.92 Å². The first-order valence-electron chi connectivity index (χ1n) is 10.2. The molecule has 2 aromatic heterocycles. The quantitative estimate of drug-likeness (QED) is 0.533. The predicted molar refractivity (Wildman–Crippen MR) is 125 cm³/mol. The number of anilines is 1. The number of aryl methyl sites for hydroxylation is 2. The number of ether oxygens (including phenoxy) is 2. The second-order valence-corrected chi connectivity index (χ2v) is 8.18. The van der Waals surface area contributed by atoms with E-state index in [1.54, 1.807) is 29.0 Å². The summed E-state index contributed by atoms with van der Waals surface area (Å²) in [6.07, 6.45) is 1.67. The average Bonchev–Trinajstić information content (AvgIpc) is 3.42. The first-order valence-corrected chi connectivity index (χ1v) is 11.0. The number of carbonyl (C=O) groups is 1. The molecule has 0 bridgehead atoms. The third-order valence-corrected chi connectivity index (χ3v) is 6.58. The van der Waals surface area contributed by atoms with Gasteiger partial charge in [0.2, 0.25) is 0 Å². The molecule has 1 aromatic carbocycles.